The third-order valence-corrected chi connectivity index (χ3v) is 11.3. The molecule has 0 nitrogen and oxygen atoms in total. The summed E-state index contributed by atoms with van der Waals surface area (Å²) in [5.41, 5.74) is 18.8. The maximum absolute atomic E-state index is 4.29. The van der Waals surface area contributed by atoms with Crippen LogP contribution in [0.4, 0.5) is 0 Å². The molecule has 0 heterocycles. The van der Waals surface area contributed by atoms with E-state index in [0.29, 0.717) is 5.92 Å². The van der Waals surface area contributed by atoms with E-state index in [1.807, 2.05) is 0 Å². The SMILES string of the molecule is C=C(C)Cc1c(C)cc2c(c1-c1ccc(C)cc1)CC(c1ccc3c(c1)C(C1CCC(C4CCC4)CC1)=CC3CC)=C2. The van der Waals surface area contributed by atoms with Gasteiger partial charge in [0.25, 0.3) is 0 Å². The first-order chi connectivity index (χ1) is 20.4. The molecule has 42 heavy (non-hydrogen) atoms. The summed E-state index contributed by atoms with van der Waals surface area (Å²) < 4.78 is 0. The molecule has 2 saturated carbocycles. The Morgan fingerprint density at radius 1 is 0.857 bits per heavy atom. The minimum atomic E-state index is 0.587. The van der Waals surface area contributed by atoms with Crippen LogP contribution in [0.15, 0.2) is 66.8 Å². The molecule has 0 spiro atoms. The molecule has 0 heteroatoms. The maximum atomic E-state index is 4.29. The summed E-state index contributed by atoms with van der Waals surface area (Å²) >= 11 is 0. The average Bonchev–Trinajstić information content (AvgIpc) is 3.54. The molecule has 1 atom stereocenters. The molecule has 1 unspecified atom stereocenters. The Morgan fingerprint density at radius 3 is 2.24 bits per heavy atom. The van der Waals surface area contributed by atoms with Crippen LogP contribution in [0.1, 0.15) is 116 Å². The number of hydrogen-bond donors (Lipinski definition) is 0. The fourth-order valence-electron chi connectivity index (χ4n) is 8.70. The van der Waals surface area contributed by atoms with Crippen LogP contribution < -0.4 is 0 Å². The van der Waals surface area contributed by atoms with Crippen LogP contribution in [0.5, 0.6) is 0 Å². The van der Waals surface area contributed by atoms with Crippen molar-refractivity contribution in [1.29, 1.82) is 0 Å². The Kier molecular flexibility index (Phi) is 7.37. The highest BCUT2D eigenvalue weighted by Gasteiger charge is 2.35. The quantitative estimate of drug-likeness (QED) is 0.256. The van der Waals surface area contributed by atoms with Crippen LogP contribution in [0.25, 0.3) is 28.3 Å². The van der Waals surface area contributed by atoms with Crippen molar-refractivity contribution in [2.75, 3.05) is 0 Å². The Balaban J connectivity index is 1.21. The van der Waals surface area contributed by atoms with Gasteiger partial charge in [0.1, 0.15) is 0 Å². The first kappa shape index (κ1) is 27.7. The van der Waals surface area contributed by atoms with Gasteiger partial charge in [-0.3, -0.25) is 0 Å². The normalized spacial score (nSPS) is 23.2. The molecule has 3 aromatic rings. The van der Waals surface area contributed by atoms with E-state index in [2.05, 4.69) is 95.0 Å². The Morgan fingerprint density at radius 2 is 1.57 bits per heavy atom. The van der Waals surface area contributed by atoms with Crippen LogP contribution in [0.2, 0.25) is 0 Å². The Bertz CT molecular complexity index is 1580. The smallest absolute Gasteiger partial charge is 0.00275 e. The van der Waals surface area contributed by atoms with Crippen LogP contribution in [-0.4, -0.2) is 0 Å². The molecule has 4 aliphatic rings. The fraction of sp³-hybridized carbons (Fsp3) is 0.429. The molecule has 0 amide bonds. The molecule has 7 rings (SSSR count). The number of benzene rings is 3. The van der Waals surface area contributed by atoms with Crippen molar-refractivity contribution in [2.45, 2.75) is 97.8 Å². The number of hydrogen-bond acceptors (Lipinski definition) is 0. The number of allylic oxidation sites excluding steroid dienone is 4. The molecule has 0 saturated heterocycles. The zero-order valence-corrected chi connectivity index (χ0v) is 26.4. The summed E-state index contributed by atoms with van der Waals surface area (Å²) in [5, 5.41) is 0. The van der Waals surface area contributed by atoms with Crippen molar-refractivity contribution in [3.05, 3.63) is 111 Å². The molecule has 4 aliphatic carbocycles. The second-order valence-corrected chi connectivity index (χ2v) is 14.2. The summed E-state index contributed by atoms with van der Waals surface area (Å²) in [6.45, 7) is 13.3. The van der Waals surface area contributed by atoms with E-state index in [1.165, 1.54) is 107 Å². The summed E-state index contributed by atoms with van der Waals surface area (Å²) in [7, 11) is 0. The predicted octanol–water partition coefficient (Wildman–Crippen LogP) is 11.7. The lowest BCUT2D eigenvalue weighted by Gasteiger charge is -2.39. The maximum Gasteiger partial charge on any atom is 0.00275 e. The van der Waals surface area contributed by atoms with Gasteiger partial charge in [-0.25, -0.2) is 0 Å². The molecule has 216 valence electrons. The number of rotatable bonds is 7. The standard InChI is InChI=1S/C42H48/c1-6-29-23-39(32-16-14-31(15-17-32)30-8-7-9-30)41-24-34(18-19-37(29)41)35-22-36-21-28(5)38(20-26(2)3)42(40(36)25-35)33-12-10-27(4)11-13-33/h10-13,18-19,21-24,29-32H,2,6-9,14-17,20,25H2,1,3-5H3. The van der Waals surface area contributed by atoms with Gasteiger partial charge in [0.2, 0.25) is 0 Å². The highest BCUT2D eigenvalue weighted by molar-refractivity contribution is 5.94. The molecule has 0 bridgehead atoms. The first-order valence-electron chi connectivity index (χ1n) is 16.8. The van der Waals surface area contributed by atoms with Crippen LogP contribution in [0, 0.1) is 31.6 Å². The molecule has 3 aromatic carbocycles. The summed E-state index contributed by atoms with van der Waals surface area (Å²) in [6, 6.07) is 19.1. The third-order valence-electron chi connectivity index (χ3n) is 11.3. The summed E-state index contributed by atoms with van der Waals surface area (Å²) in [6.07, 6.45) is 18.5. The van der Waals surface area contributed by atoms with Gasteiger partial charge in [0.15, 0.2) is 0 Å². The largest absolute Gasteiger partial charge is 0.0998 e. The zero-order chi connectivity index (χ0) is 29.0. The molecule has 0 N–H and O–H groups in total. The first-order valence-corrected chi connectivity index (χ1v) is 16.8. The van der Waals surface area contributed by atoms with Crippen molar-refractivity contribution in [1.82, 2.24) is 0 Å². The van der Waals surface area contributed by atoms with E-state index in [4.69, 9.17) is 0 Å². The topological polar surface area (TPSA) is 0 Å². The second-order valence-electron chi connectivity index (χ2n) is 14.2. The van der Waals surface area contributed by atoms with E-state index in [9.17, 15) is 0 Å². The van der Waals surface area contributed by atoms with E-state index < -0.39 is 0 Å². The summed E-state index contributed by atoms with van der Waals surface area (Å²) in [4.78, 5) is 0. The third kappa shape index (κ3) is 4.96. The van der Waals surface area contributed by atoms with E-state index in [1.54, 1.807) is 16.7 Å². The van der Waals surface area contributed by atoms with Crippen molar-refractivity contribution < 1.29 is 0 Å². The molecular weight excluding hydrogens is 504 g/mol. The summed E-state index contributed by atoms with van der Waals surface area (Å²) in [5.74, 6) is 3.39. The molecule has 0 radical (unpaired) electrons. The van der Waals surface area contributed by atoms with E-state index in [0.717, 1.165) is 30.6 Å². The minimum Gasteiger partial charge on any atom is -0.0998 e. The molecule has 2 fully saturated rings. The van der Waals surface area contributed by atoms with Gasteiger partial charge >= 0.3 is 0 Å². The van der Waals surface area contributed by atoms with Gasteiger partial charge in [-0.1, -0.05) is 98.5 Å². The predicted molar refractivity (Wildman–Crippen MR) is 182 cm³/mol. The zero-order valence-electron chi connectivity index (χ0n) is 26.4. The highest BCUT2D eigenvalue weighted by Crippen LogP contribution is 2.50. The lowest BCUT2D eigenvalue weighted by molar-refractivity contribution is 0.150. The molecule has 0 aliphatic heterocycles. The number of fused-ring (bicyclic) bond motifs is 2. The average molecular weight is 553 g/mol. The minimum absolute atomic E-state index is 0.587. The van der Waals surface area contributed by atoms with Crippen LogP contribution >= 0.6 is 0 Å². The molecular formula is C42H48. The lowest BCUT2D eigenvalue weighted by atomic mass is 9.67. The highest BCUT2D eigenvalue weighted by atomic mass is 14.4. The van der Waals surface area contributed by atoms with Crippen molar-refractivity contribution in [2.24, 2.45) is 17.8 Å². The van der Waals surface area contributed by atoms with Crippen molar-refractivity contribution in [3.8, 4) is 11.1 Å². The Hall–Kier alpha value is -3.12. The van der Waals surface area contributed by atoms with Crippen LogP contribution in [-0.2, 0) is 12.8 Å². The van der Waals surface area contributed by atoms with Crippen LogP contribution in [0.3, 0.4) is 0 Å². The van der Waals surface area contributed by atoms with E-state index >= 15 is 0 Å². The Labute approximate surface area is 254 Å². The van der Waals surface area contributed by atoms with Crippen molar-refractivity contribution in [3.63, 3.8) is 0 Å². The van der Waals surface area contributed by atoms with Crippen molar-refractivity contribution >= 4 is 17.2 Å². The van der Waals surface area contributed by atoms with E-state index in [-0.39, 0.29) is 0 Å². The van der Waals surface area contributed by atoms with Gasteiger partial charge in [-0.2, -0.15) is 0 Å². The lowest BCUT2D eigenvalue weighted by Crippen LogP contribution is -2.26. The van der Waals surface area contributed by atoms with Gasteiger partial charge in [0.05, 0.1) is 0 Å². The van der Waals surface area contributed by atoms with Gasteiger partial charge in [-0.05, 0) is 151 Å². The molecule has 0 aromatic heterocycles. The second kappa shape index (κ2) is 11.2. The monoisotopic (exact) mass is 552 g/mol. The van der Waals surface area contributed by atoms with Gasteiger partial charge in [-0.15, -0.1) is 0 Å². The van der Waals surface area contributed by atoms with Gasteiger partial charge in [0, 0.05) is 5.92 Å². The fourth-order valence-corrected chi connectivity index (χ4v) is 8.70. The number of aryl methyl sites for hydroxylation is 2. The van der Waals surface area contributed by atoms with Gasteiger partial charge < -0.3 is 0 Å².